The van der Waals surface area contributed by atoms with Crippen molar-refractivity contribution < 1.29 is 27.8 Å². The molecule has 0 bridgehead atoms. The lowest BCUT2D eigenvalue weighted by atomic mass is 10.0. The van der Waals surface area contributed by atoms with Crippen LogP contribution in [0.1, 0.15) is 38.3 Å². The van der Waals surface area contributed by atoms with E-state index in [4.69, 9.17) is 4.74 Å². The summed E-state index contributed by atoms with van der Waals surface area (Å²) in [5, 5.41) is 13.8. The lowest BCUT2D eigenvalue weighted by Gasteiger charge is -2.33. The molecule has 1 amide bonds. The Balaban J connectivity index is 2.41. The number of halogens is 3. The fourth-order valence-corrected chi connectivity index (χ4v) is 2.17. The number of nitrogens with zero attached hydrogens (tertiary/aromatic N) is 2. The number of ether oxygens (including phenoxy) is 1. The lowest BCUT2D eigenvalue weighted by molar-refractivity contribution is -0.300. The maximum absolute atomic E-state index is 13.4. The zero-order chi connectivity index (χ0) is 18.3. The monoisotopic (exact) mass is 344 g/mol. The second-order valence-electron chi connectivity index (χ2n) is 6.70. The first-order valence-corrected chi connectivity index (χ1v) is 7.30. The van der Waals surface area contributed by atoms with Gasteiger partial charge in [-0.05, 0) is 33.3 Å². The smallest absolute Gasteiger partial charge is 0.439 e. The van der Waals surface area contributed by atoms with Gasteiger partial charge in [0, 0.05) is 0 Å². The number of hydrogen-bond donors (Lipinski definition) is 1. The number of carbonyl (C=O) groups excluding carboxylic acids is 1. The summed E-state index contributed by atoms with van der Waals surface area (Å²) < 4.78 is 45.0. The second-order valence-corrected chi connectivity index (χ2v) is 6.70. The summed E-state index contributed by atoms with van der Waals surface area (Å²) in [6, 6.07) is 6.59. The molecule has 0 saturated carbocycles. The van der Waals surface area contributed by atoms with Gasteiger partial charge in [-0.1, -0.05) is 29.8 Å². The topological polar surface area (TPSA) is 62.1 Å². The molecular formula is C16H19F3N2O3. The van der Waals surface area contributed by atoms with Gasteiger partial charge in [-0.3, -0.25) is 0 Å². The SMILES string of the molecule is Cc1ccc(C2=NN(C(=O)OC(C)(C)C)[C@](O)(C(F)(F)F)C2)cc1. The summed E-state index contributed by atoms with van der Waals surface area (Å²) in [6.07, 6.45) is -7.30. The molecule has 0 radical (unpaired) electrons. The van der Waals surface area contributed by atoms with Gasteiger partial charge in [0.25, 0.3) is 5.72 Å². The molecule has 1 N–H and O–H groups in total. The van der Waals surface area contributed by atoms with Crippen LogP contribution in [-0.4, -0.2) is 39.4 Å². The molecule has 0 spiro atoms. The summed E-state index contributed by atoms with van der Waals surface area (Å²) in [7, 11) is 0. The standard InChI is InChI=1S/C16H19F3N2O3/c1-10-5-7-11(8-6-10)12-9-15(23,16(17,18)19)21(20-12)13(22)24-14(2,3)4/h5-8,23H,9H2,1-4H3/t15-/m1/s1. The average Bonchev–Trinajstić information content (AvgIpc) is 2.76. The van der Waals surface area contributed by atoms with Gasteiger partial charge in [-0.2, -0.15) is 23.3 Å². The minimum Gasteiger partial charge on any atom is -0.442 e. The highest BCUT2D eigenvalue weighted by Crippen LogP contribution is 2.41. The minimum absolute atomic E-state index is 0.0204. The number of benzene rings is 1. The number of carbonyl (C=O) groups is 1. The van der Waals surface area contributed by atoms with Gasteiger partial charge in [0.2, 0.25) is 0 Å². The number of hydrazone groups is 1. The normalized spacial score (nSPS) is 21.7. The fraction of sp³-hybridized carbons (Fsp3) is 0.500. The summed E-state index contributed by atoms with van der Waals surface area (Å²) in [5.41, 5.74) is -3.18. The molecule has 0 aromatic heterocycles. The van der Waals surface area contributed by atoms with Crippen LogP contribution in [0.15, 0.2) is 29.4 Å². The Morgan fingerprint density at radius 2 is 1.79 bits per heavy atom. The van der Waals surface area contributed by atoms with E-state index in [-0.39, 0.29) is 10.7 Å². The Labute approximate surface area is 137 Å². The zero-order valence-corrected chi connectivity index (χ0v) is 13.8. The van der Waals surface area contributed by atoms with E-state index in [0.717, 1.165) is 5.56 Å². The van der Waals surface area contributed by atoms with E-state index in [1.54, 1.807) is 24.3 Å². The van der Waals surface area contributed by atoms with Gasteiger partial charge in [0.15, 0.2) is 0 Å². The third-order valence-electron chi connectivity index (χ3n) is 3.39. The number of aliphatic hydroxyl groups is 1. The first kappa shape index (κ1) is 18.3. The van der Waals surface area contributed by atoms with Crippen molar-refractivity contribution in [3.63, 3.8) is 0 Å². The Morgan fingerprint density at radius 3 is 2.25 bits per heavy atom. The van der Waals surface area contributed by atoms with Crippen molar-refractivity contribution in [1.82, 2.24) is 5.01 Å². The van der Waals surface area contributed by atoms with Crippen molar-refractivity contribution in [3.8, 4) is 0 Å². The summed E-state index contributed by atoms with van der Waals surface area (Å²) in [6.45, 7) is 6.37. The Kier molecular flexibility index (Phi) is 4.39. The molecule has 1 heterocycles. The summed E-state index contributed by atoms with van der Waals surface area (Å²) in [5.74, 6) is 0. The summed E-state index contributed by atoms with van der Waals surface area (Å²) in [4.78, 5) is 12.1. The van der Waals surface area contributed by atoms with Gasteiger partial charge in [0.05, 0.1) is 12.1 Å². The molecule has 2 rings (SSSR count). The van der Waals surface area contributed by atoms with Crippen LogP contribution < -0.4 is 0 Å². The predicted molar refractivity (Wildman–Crippen MR) is 81.4 cm³/mol. The first-order chi connectivity index (χ1) is 10.8. The molecular weight excluding hydrogens is 325 g/mol. The molecule has 0 unspecified atom stereocenters. The van der Waals surface area contributed by atoms with Crippen molar-refractivity contribution >= 4 is 11.8 Å². The largest absolute Gasteiger partial charge is 0.442 e. The van der Waals surface area contributed by atoms with Crippen LogP contribution >= 0.6 is 0 Å². The number of hydrogen-bond acceptors (Lipinski definition) is 4. The van der Waals surface area contributed by atoms with Gasteiger partial charge >= 0.3 is 12.3 Å². The van der Waals surface area contributed by atoms with Gasteiger partial charge in [-0.15, -0.1) is 0 Å². The second kappa shape index (κ2) is 5.77. The van der Waals surface area contributed by atoms with Crippen molar-refractivity contribution in [3.05, 3.63) is 35.4 Å². The Bertz CT molecular complexity index is 663. The third kappa shape index (κ3) is 3.53. The lowest BCUT2D eigenvalue weighted by Crippen LogP contribution is -2.57. The molecule has 1 aromatic carbocycles. The quantitative estimate of drug-likeness (QED) is 0.847. The van der Waals surface area contributed by atoms with E-state index in [1.807, 2.05) is 6.92 Å². The van der Waals surface area contributed by atoms with Crippen molar-refractivity contribution in [2.45, 2.75) is 51.6 Å². The fourth-order valence-electron chi connectivity index (χ4n) is 2.17. The van der Waals surface area contributed by atoms with Gasteiger partial charge in [0.1, 0.15) is 5.60 Å². The van der Waals surface area contributed by atoms with E-state index >= 15 is 0 Å². The van der Waals surface area contributed by atoms with E-state index in [2.05, 4.69) is 5.10 Å². The van der Waals surface area contributed by atoms with Crippen LogP contribution in [0, 0.1) is 6.92 Å². The van der Waals surface area contributed by atoms with Crippen molar-refractivity contribution in [1.29, 1.82) is 0 Å². The predicted octanol–water partition coefficient (Wildman–Crippen LogP) is 3.59. The zero-order valence-electron chi connectivity index (χ0n) is 13.8. The molecule has 5 nitrogen and oxygen atoms in total. The van der Waals surface area contributed by atoms with Crippen molar-refractivity contribution in [2.75, 3.05) is 0 Å². The van der Waals surface area contributed by atoms with Gasteiger partial charge < -0.3 is 9.84 Å². The van der Waals surface area contributed by atoms with Crippen LogP contribution in [0.3, 0.4) is 0 Å². The van der Waals surface area contributed by atoms with Crippen LogP contribution in [0.5, 0.6) is 0 Å². The van der Waals surface area contributed by atoms with Crippen LogP contribution in [0.25, 0.3) is 0 Å². The summed E-state index contributed by atoms with van der Waals surface area (Å²) >= 11 is 0. The molecule has 0 aliphatic carbocycles. The maximum Gasteiger partial charge on any atom is 0.439 e. The maximum atomic E-state index is 13.4. The van der Waals surface area contributed by atoms with Crippen LogP contribution in [0.2, 0.25) is 0 Å². The molecule has 24 heavy (non-hydrogen) atoms. The Hall–Kier alpha value is -2.09. The average molecular weight is 344 g/mol. The number of alkyl halides is 3. The molecule has 8 heteroatoms. The molecule has 132 valence electrons. The molecule has 1 aliphatic heterocycles. The molecule has 1 aliphatic rings. The molecule has 1 atom stereocenters. The highest BCUT2D eigenvalue weighted by atomic mass is 19.4. The third-order valence-corrected chi connectivity index (χ3v) is 3.39. The van der Waals surface area contributed by atoms with Crippen molar-refractivity contribution in [2.24, 2.45) is 5.10 Å². The number of rotatable bonds is 1. The van der Waals surface area contributed by atoms with Gasteiger partial charge in [-0.25, -0.2) is 4.79 Å². The molecule has 1 aromatic rings. The Morgan fingerprint density at radius 1 is 1.25 bits per heavy atom. The van der Waals surface area contributed by atoms with E-state index in [1.165, 1.54) is 20.8 Å². The molecule has 0 saturated heterocycles. The van der Waals surface area contributed by atoms with E-state index in [0.29, 0.717) is 5.56 Å². The van der Waals surface area contributed by atoms with E-state index in [9.17, 15) is 23.1 Å². The minimum atomic E-state index is -5.08. The van der Waals surface area contributed by atoms with Crippen LogP contribution in [-0.2, 0) is 4.74 Å². The van der Waals surface area contributed by atoms with E-state index < -0.39 is 30.0 Å². The highest BCUT2D eigenvalue weighted by Gasteiger charge is 2.64. The highest BCUT2D eigenvalue weighted by molar-refractivity contribution is 6.03. The number of aryl methyl sites for hydroxylation is 1. The van der Waals surface area contributed by atoms with Crippen LogP contribution in [0.4, 0.5) is 18.0 Å². The molecule has 0 fully saturated rings. The first-order valence-electron chi connectivity index (χ1n) is 7.30. The number of amides is 1.